The highest BCUT2D eigenvalue weighted by molar-refractivity contribution is 7.89. The number of morpholine rings is 1. The van der Waals surface area contributed by atoms with E-state index in [-0.39, 0.29) is 10.6 Å². The van der Waals surface area contributed by atoms with Gasteiger partial charge in [-0.2, -0.15) is 0 Å². The molecule has 0 atom stereocenters. The number of nitrogens with one attached hydrogen (secondary N) is 1. The summed E-state index contributed by atoms with van der Waals surface area (Å²) < 4.78 is 41.0. The molecular formula is C11H14FN3O4S. The molecule has 1 aromatic rings. The summed E-state index contributed by atoms with van der Waals surface area (Å²) in [6.07, 6.45) is 0. The normalized spacial score (nSPS) is 16.0. The van der Waals surface area contributed by atoms with Crippen molar-refractivity contribution < 1.29 is 22.3 Å². The Kier molecular flexibility index (Phi) is 4.21. The number of carbonyl (C=O) groups excluding carboxylic acids is 1. The van der Waals surface area contributed by atoms with Crippen LogP contribution in [0.1, 0.15) is 0 Å². The molecule has 0 aliphatic carbocycles. The second-order valence-corrected chi connectivity index (χ2v) is 5.78. The number of urea groups is 1. The Bertz CT molecular complexity index is 614. The number of carbonyl (C=O) groups is 1. The van der Waals surface area contributed by atoms with Crippen LogP contribution in [0.4, 0.5) is 14.9 Å². The summed E-state index contributed by atoms with van der Waals surface area (Å²) in [4.78, 5) is 13.0. The zero-order valence-corrected chi connectivity index (χ0v) is 11.3. The summed E-state index contributed by atoms with van der Waals surface area (Å²) in [5, 5.41) is 7.27. The molecule has 2 rings (SSSR count). The fourth-order valence-electron chi connectivity index (χ4n) is 1.73. The number of sulfonamides is 1. The number of halogens is 1. The van der Waals surface area contributed by atoms with E-state index in [4.69, 9.17) is 9.88 Å². The Morgan fingerprint density at radius 1 is 1.35 bits per heavy atom. The minimum atomic E-state index is -3.97. The minimum Gasteiger partial charge on any atom is -0.378 e. The van der Waals surface area contributed by atoms with Gasteiger partial charge in [-0.25, -0.2) is 22.7 Å². The lowest BCUT2D eigenvalue weighted by Gasteiger charge is -2.27. The number of nitrogens with zero attached hydrogens (tertiary/aromatic N) is 1. The average molecular weight is 303 g/mol. The second kappa shape index (κ2) is 5.73. The van der Waals surface area contributed by atoms with E-state index in [0.29, 0.717) is 26.3 Å². The van der Waals surface area contributed by atoms with Crippen LogP contribution >= 0.6 is 0 Å². The molecule has 110 valence electrons. The Morgan fingerprint density at radius 3 is 2.55 bits per heavy atom. The molecule has 0 bridgehead atoms. The van der Waals surface area contributed by atoms with Gasteiger partial charge in [0.05, 0.1) is 23.8 Å². The van der Waals surface area contributed by atoms with Crippen LogP contribution < -0.4 is 10.5 Å². The van der Waals surface area contributed by atoms with E-state index in [0.717, 1.165) is 18.2 Å². The van der Waals surface area contributed by atoms with Crippen LogP contribution in [0.5, 0.6) is 0 Å². The highest BCUT2D eigenvalue weighted by Crippen LogP contribution is 2.18. The van der Waals surface area contributed by atoms with Gasteiger partial charge in [-0.1, -0.05) is 0 Å². The van der Waals surface area contributed by atoms with Crippen molar-refractivity contribution in [3.8, 4) is 0 Å². The molecule has 1 saturated heterocycles. The Labute approximate surface area is 115 Å². The predicted molar refractivity (Wildman–Crippen MR) is 69.2 cm³/mol. The lowest BCUT2D eigenvalue weighted by molar-refractivity contribution is 0.0564. The van der Waals surface area contributed by atoms with Crippen LogP contribution in [0.3, 0.4) is 0 Å². The van der Waals surface area contributed by atoms with Crippen molar-refractivity contribution in [2.45, 2.75) is 4.90 Å². The molecule has 1 heterocycles. The molecule has 0 saturated carbocycles. The molecule has 9 heteroatoms. The first-order valence-corrected chi connectivity index (χ1v) is 7.38. The zero-order chi connectivity index (χ0) is 14.8. The summed E-state index contributed by atoms with van der Waals surface area (Å²) in [5.41, 5.74) is -0.103. The molecule has 0 unspecified atom stereocenters. The van der Waals surface area contributed by atoms with E-state index in [2.05, 4.69) is 5.32 Å². The van der Waals surface area contributed by atoms with Gasteiger partial charge in [-0.15, -0.1) is 0 Å². The second-order valence-electron chi connectivity index (χ2n) is 4.22. The van der Waals surface area contributed by atoms with E-state index < -0.39 is 21.9 Å². The van der Waals surface area contributed by atoms with Crippen LogP contribution in [-0.2, 0) is 14.8 Å². The van der Waals surface area contributed by atoms with Crippen LogP contribution in [-0.4, -0.2) is 45.7 Å². The smallest absolute Gasteiger partial charge is 0.322 e. The van der Waals surface area contributed by atoms with Gasteiger partial charge in [-0.3, -0.25) is 0 Å². The molecule has 1 aromatic carbocycles. The molecule has 3 N–H and O–H groups in total. The van der Waals surface area contributed by atoms with Gasteiger partial charge in [0.1, 0.15) is 5.82 Å². The van der Waals surface area contributed by atoms with E-state index in [1.165, 1.54) is 4.90 Å². The summed E-state index contributed by atoms with van der Waals surface area (Å²) in [5.74, 6) is -0.863. The fourth-order valence-corrected chi connectivity index (χ4v) is 2.26. The molecule has 1 aliphatic rings. The molecule has 0 aromatic heterocycles. The topological polar surface area (TPSA) is 102 Å². The molecule has 0 spiro atoms. The fraction of sp³-hybridized carbons (Fsp3) is 0.364. The maximum absolute atomic E-state index is 13.7. The van der Waals surface area contributed by atoms with Crippen molar-refractivity contribution >= 4 is 21.7 Å². The third-order valence-corrected chi connectivity index (χ3v) is 3.72. The monoisotopic (exact) mass is 303 g/mol. The number of hydrogen-bond donors (Lipinski definition) is 2. The number of nitrogens with two attached hydrogens (primary N) is 1. The summed E-state index contributed by atoms with van der Waals surface area (Å²) >= 11 is 0. The van der Waals surface area contributed by atoms with Crippen molar-refractivity contribution in [2.75, 3.05) is 31.6 Å². The van der Waals surface area contributed by atoms with Crippen molar-refractivity contribution in [3.63, 3.8) is 0 Å². The highest BCUT2D eigenvalue weighted by atomic mass is 32.2. The van der Waals surface area contributed by atoms with Gasteiger partial charge in [0, 0.05) is 13.1 Å². The third kappa shape index (κ3) is 3.44. The van der Waals surface area contributed by atoms with Crippen LogP contribution in [0, 0.1) is 5.82 Å². The third-order valence-electron chi connectivity index (χ3n) is 2.81. The lowest BCUT2D eigenvalue weighted by atomic mass is 10.3. The Hall–Kier alpha value is -1.71. The van der Waals surface area contributed by atoms with Gasteiger partial charge >= 0.3 is 6.03 Å². The molecule has 1 aliphatic heterocycles. The van der Waals surface area contributed by atoms with Gasteiger partial charge < -0.3 is 15.0 Å². The maximum Gasteiger partial charge on any atom is 0.322 e. The molecule has 2 amide bonds. The Morgan fingerprint density at radius 2 is 2.00 bits per heavy atom. The van der Waals surface area contributed by atoms with Gasteiger partial charge in [-0.05, 0) is 18.2 Å². The van der Waals surface area contributed by atoms with E-state index in [1.54, 1.807) is 0 Å². The predicted octanol–water partition coefficient (Wildman–Crippen LogP) is 0.337. The van der Waals surface area contributed by atoms with E-state index in [1.807, 2.05) is 0 Å². The SMILES string of the molecule is NS(=O)(=O)c1ccc(NC(=O)N2CCOCC2)c(F)c1. The summed E-state index contributed by atoms with van der Waals surface area (Å²) in [6, 6.07) is 2.60. The van der Waals surface area contributed by atoms with Crippen molar-refractivity contribution in [2.24, 2.45) is 5.14 Å². The number of benzene rings is 1. The van der Waals surface area contributed by atoms with Crippen LogP contribution in [0.25, 0.3) is 0 Å². The van der Waals surface area contributed by atoms with E-state index in [9.17, 15) is 17.6 Å². The molecular weight excluding hydrogens is 289 g/mol. The van der Waals surface area contributed by atoms with Gasteiger partial charge in [0.25, 0.3) is 0 Å². The van der Waals surface area contributed by atoms with Crippen molar-refractivity contribution in [1.29, 1.82) is 0 Å². The van der Waals surface area contributed by atoms with Crippen molar-refractivity contribution in [1.82, 2.24) is 4.90 Å². The maximum atomic E-state index is 13.7. The molecule has 20 heavy (non-hydrogen) atoms. The quantitative estimate of drug-likeness (QED) is 0.822. The first-order chi connectivity index (χ1) is 9.38. The highest BCUT2D eigenvalue weighted by Gasteiger charge is 2.19. The number of rotatable bonds is 2. The number of primary sulfonamides is 1. The summed E-state index contributed by atoms with van der Waals surface area (Å²) in [6.45, 7) is 1.70. The molecule has 0 radical (unpaired) electrons. The van der Waals surface area contributed by atoms with Crippen LogP contribution in [0.2, 0.25) is 0 Å². The lowest BCUT2D eigenvalue weighted by Crippen LogP contribution is -2.43. The van der Waals surface area contributed by atoms with Crippen LogP contribution in [0.15, 0.2) is 23.1 Å². The number of ether oxygens (including phenoxy) is 1. The first kappa shape index (κ1) is 14.7. The average Bonchev–Trinajstić information content (AvgIpc) is 2.41. The molecule has 1 fully saturated rings. The number of amides is 2. The standard InChI is InChI=1S/C11H14FN3O4S/c12-9-7-8(20(13,17)18)1-2-10(9)14-11(16)15-3-5-19-6-4-15/h1-2,7H,3-6H2,(H,14,16)(H2,13,17,18). The summed E-state index contributed by atoms with van der Waals surface area (Å²) in [7, 11) is -3.97. The zero-order valence-electron chi connectivity index (χ0n) is 10.5. The largest absolute Gasteiger partial charge is 0.378 e. The van der Waals surface area contributed by atoms with E-state index >= 15 is 0 Å². The number of anilines is 1. The van der Waals surface area contributed by atoms with Gasteiger partial charge in [0.15, 0.2) is 0 Å². The molecule has 7 nitrogen and oxygen atoms in total. The van der Waals surface area contributed by atoms with Gasteiger partial charge in [0.2, 0.25) is 10.0 Å². The van der Waals surface area contributed by atoms with Crippen molar-refractivity contribution in [3.05, 3.63) is 24.0 Å². The Balaban J connectivity index is 2.11. The minimum absolute atomic E-state index is 0.103. The first-order valence-electron chi connectivity index (χ1n) is 5.84. The number of hydrogen-bond acceptors (Lipinski definition) is 4.